The number of methoxy groups -OCH3 is 1. The Kier molecular flexibility index (Phi) is 3.56. The van der Waals surface area contributed by atoms with Gasteiger partial charge in [-0.3, -0.25) is 11.3 Å². The Labute approximate surface area is 87.4 Å². The van der Waals surface area contributed by atoms with Crippen LogP contribution in [0.1, 0.15) is 46.5 Å². The summed E-state index contributed by atoms with van der Waals surface area (Å²) in [4.78, 5) is 0. The fourth-order valence-electron chi connectivity index (χ4n) is 2.78. The minimum atomic E-state index is -0.0486. The van der Waals surface area contributed by atoms with Gasteiger partial charge in [0.05, 0.1) is 11.6 Å². The predicted octanol–water partition coefficient (Wildman–Crippen LogP) is 1.82. The third-order valence-electron chi connectivity index (χ3n) is 3.42. The first-order valence-electron chi connectivity index (χ1n) is 5.47. The van der Waals surface area contributed by atoms with Gasteiger partial charge in [0.15, 0.2) is 0 Å². The molecule has 1 rings (SSSR count). The largest absolute Gasteiger partial charge is 0.377 e. The number of hydrogen-bond acceptors (Lipinski definition) is 3. The average Bonchev–Trinajstić information content (AvgIpc) is 2.53. The second kappa shape index (κ2) is 4.17. The van der Waals surface area contributed by atoms with E-state index in [1.54, 1.807) is 7.11 Å². The number of ether oxygens (including phenoxy) is 1. The lowest BCUT2D eigenvalue weighted by Crippen LogP contribution is -2.59. The highest BCUT2D eigenvalue weighted by atomic mass is 16.5. The van der Waals surface area contributed by atoms with E-state index in [0.29, 0.717) is 0 Å². The van der Waals surface area contributed by atoms with Crippen LogP contribution in [0.2, 0.25) is 0 Å². The summed E-state index contributed by atoms with van der Waals surface area (Å²) < 4.78 is 5.74. The Morgan fingerprint density at radius 3 is 2.07 bits per heavy atom. The fraction of sp³-hybridized carbons (Fsp3) is 1.00. The van der Waals surface area contributed by atoms with Crippen molar-refractivity contribution in [2.75, 3.05) is 7.11 Å². The molecule has 0 saturated heterocycles. The molecule has 1 atom stereocenters. The van der Waals surface area contributed by atoms with Crippen LogP contribution in [-0.4, -0.2) is 18.8 Å². The van der Waals surface area contributed by atoms with Crippen LogP contribution in [0.25, 0.3) is 0 Å². The van der Waals surface area contributed by atoms with Crippen molar-refractivity contribution in [3.05, 3.63) is 0 Å². The number of rotatable bonds is 3. The van der Waals surface area contributed by atoms with E-state index < -0.39 is 0 Å². The summed E-state index contributed by atoms with van der Waals surface area (Å²) in [6.45, 7) is 6.61. The van der Waals surface area contributed by atoms with Crippen molar-refractivity contribution < 1.29 is 4.74 Å². The van der Waals surface area contributed by atoms with Crippen LogP contribution in [0.5, 0.6) is 0 Å². The standard InChI is InChI=1S/C11H24N2O/c1-10(2,3)9(13-12)11(14-4)7-5-6-8-11/h9,13H,5-8,12H2,1-4H3. The van der Waals surface area contributed by atoms with Gasteiger partial charge < -0.3 is 4.74 Å². The number of hydrazine groups is 1. The molecule has 84 valence electrons. The monoisotopic (exact) mass is 200 g/mol. The van der Waals surface area contributed by atoms with E-state index in [1.807, 2.05) is 0 Å². The van der Waals surface area contributed by atoms with Gasteiger partial charge in [-0.2, -0.15) is 0 Å². The first-order valence-corrected chi connectivity index (χ1v) is 5.47. The highest BCUT2D eigenvalue weighted by molar-refractivity contribution is 5.01. The molecule has 1 aliphatic rings. The molecule has 1 fully saturated rings. The van der Waals surface area contributed by atoms with E-state index in [9.17, 15) is 0 Å². The molecule has 3 nitrogen and oxygen atoms in total. The van der Waals surface area contributed by atoms with Gasteiger partial charge in [0.2, 0.25) is 0 Å². The van der Waals surface area contributed by atoms with E-state index in [-0.39, 0.29) is 17.1 Å². The summed E-state index contributed by atoms with van der Waals surface area (Å²) in [5.41, 5.74) is 3.04. The second-order valence-corrected chi connectivity index (χ2v) is 5.44. The summed E-state index contributed by atoms with van der Waals surface area (Å²) in [5.74, 6) is 5.67. The SMILES string of the molecule is COC1(C(NN)C(C)(C)C)CCCC1. The predicted molar refractivity (Wildman–Crippen MR) is 58.8 cm³/mol. The molecule has 0 spiro atoms. The third-order valence-corrected chi connectivity index (χ3v) is 3.42. The average molecular weight is 200 g/mol. The van der Waals surface area contributed by atoms with Crippen LogP contribution in [0.4, 0.5) is 0 Å². The van der Waals surface area contributed by atoms with Crippen molar-refractivity contribution in [2.24, 2.45) is 11.3 Å². The third kappa shape index (κ3) is 2.10. The first kappa shape index (κ1) is 12.0. The molecule has 1 unspecified atom stereocenters. The minimum Gasteiger partial charge on any atom is -0.377 e. The highest BCUT2D eigenvalue weighted by Gasteiger charge is 2.46. The lowest BCUT2D eigenvalue weighted by atomic mass is 9.75. The maximum Gasteiger partial charge on any atom is 0.0849 e. The molecule has 0 aromatic rings. The van der Waals surface area contributed by atoms with Gasteiger partial charge >= 0.3 is 0 Å². The molecule has 0 bridgehead atoms. The van der Waals surface area contributed by atoms with Crippen LogP contribution in [-0.2, 0) is 4.74 Å². The van der Waals surface area contributed by atoms with Crippen molar-refractivity contribution in [1.29, 1.82) is 0 Å². The summed E-state index contributed by atoms with van der Waals surface area (Å²) in [6.07, 6.45) is 4.75. The molecule has 0 aromatic heterocycles. The van der Waals surface area contributed by atoms with Gasteiger partial charge in [-0.05, 0) is 18.3 Å². The molecule has 3 heteroatoms. The van der Waals surface area contributed by atoms with E-state index in [2.05, 4.69) is 26.2 Å². The number of nitrogens with two attached hydrogens (primary N) is 1. The molecule has 0 aliphatic heterocycles. The van der Waals surface area contributed by atoms with Crippen LogP contribution < -0.4 is 11.3 Å². The summed E-state index contributed by atoms with van der Waals surface area (Å²) in [7, 11) is 1.81. The minimum absolute atomic E-state index is 0.0486. The Bertz CT molecular complexity index is 180. The van der Waals surface area contributed by atoms with Crippen molar-refractivity contribution in [1.82, 2.24) is 5.43 Å². The van der Waals surface area contributed by atoms with Gasteiger partial charge in [0, 0.05) is 7.11 Å². The molecule has 3 N–H and O–H groups in total. The van der Waals surface area contributed by atoms with Gasteiger partial charge in [-0.15, -0.1) is 0 Å². The zero-order chi connectivity index (χ0) is 10.8. The number of nitrogens with one attached hydrogen (secondary N) is 1. The lowest BCUT2D eigenvalue weighted by molar-refractivity contribution is -0.0652. The molecular formula is C11H24N2O. The topological polar surface area (TPSA) is 47.3 Å². The second-order valence-electron chi connectivity index (χ2n) is 5.44. The Morgan fingerprint density at radius 1 is 1.29 bits per heavy atom. The smallest absolute Gasteiger partial charge is 0.0849 e. The number of hydrogen-bond donors (Lipinski definition) is 2. The van der Waals surface area contributed by atoms with Crippen molar-refractivity contribution in [2.45, 2.75) is 58.1 Å². The summed E-state index contributed by atoms with van der Waals surface area (Å²) >= 11 is 0. The molecular weight excluding hydrogens is 176 g/mol. The Hall–Kier alpha value is -0.120. The van der Waals surface area contributed by atoms with Gasteiger partial charge in [-0.25, -0.2) is 0 Å². The molecule has 14 heavy (non-hydrogen) atoms. The van der Waals surface area contributed by atoms with Gasteiger partial charge in [-0.1, -0.05) is 33.6 Å². The van der Waals surface area contributed by atoms with Gasteiger partial charge in [0.1, 0.15) is 0 Å². The van der Waals surface area contributed by atoms with E-state index in [4.69, 9.17) is 10.6 Å². The first-order chi connectivity index (χ1) is 6.46. The molecule has 0 aromatic carbocycles. The zero-order valence-electron chi connectivity index (χ0n) is 9.89. The molecule has 1 aliphatic carbocycles. The van der Waals surface area contributed by atoms with Crippen molar-refractivity contribution >= 4 is 0 Å². The normalized spacial score (nSPS) is 23.8. The molecule has 0 heterocycles. The fourth-order valence-corrected chi connectivity index (χ4v) is 2.78. The van der Waals surface area contributed by atoms with Crippen LogP contribution in [0.3, 0.4) is 0 Å². The Morgan fingerprint density at radius 2 is 1.79 bits per heavy atom. The quantitative estimate of drug-likeness (QED) is 0.539. The zero-order valence-corrected chi connectivity index (χ0v) is 9.89. The van der Waals surface area contributed by atoms with Crippen molar-refractivity contribution in [3.8, 4) is 0 Å². The molecule has 1 saturated carbocycles. The summed E-state index contributed by atoms with van der Waals surface area (Å²) in [5, 5.41) is 0. The molecule has 0 radical (unpaired) electrons. The Balaban J connectivity index is 2.85. The van der Waals surface area contributed by atoms with E-state index in [0.717, 1.165) is 12.8 Å². The van der Waals surface area contributed by atoms with Crippen LogP contribution in [0, 0.1) is 5.41 Å². The highest BCUT2D eigenvalue weighted by Crippen LogP contribution is 2.41. The molecule has 0 amide bonds. The van der Waals surface area contributed by atoms with Gasteiger partial charge in [0.25, 0.3) is 0 Å². The van der Waals surface area contributed by atoms with E-state index in [1.165, 1.54) is 12.8 Å². The maximum atomic E-state index is 5.74. The van der Waals surface area contributed by atoms with Crippen molar-refractivity contribution in [3.63, 3.8) is 0 Å². The van der Waals surface area contributed by atoms with E-state index >= 15 is 0 Å². The van der Waals surface area contributed by atoms with Crippen LogP contribution in [0.15, 0.2) is 0 Å². The maximum absolute atomic E-state index is 5.74. The summed E-state index contributed by atoms with van der Waals surface area (Å²) in [6, 6.07) is 0.225. The lowest BCUT2D eigenvalue weighted by Gasteiger charge is -2.43. The van der Waals surface area contributed by atoms with Crippen LogP contribution >= 0.6 is 0 Å².